The predicted octanol–water partition coefficient (Wildman–Crippen LogP) is 3.15. The lowest BCUT2D eigenvalue weighted by molar-refractivity contribution is 0.0652. The number of carbonyl (C=O) groups excluding carboxylic acids is 3. The number of amides is 3. The van der Waals surface area contributed by atoms with Gasteiger partial charge in [-0.15, -0.1) is 0 Å². The van der Waals surface area contributed by atoms with Gasteiger partial charge in [-0.05, 0) is 42.3 Å². The standard InChI is InChI=1S/C20H19FN2O3/c1-2-3-10-23-19(25)16-9-6-14(11-17(16)20(23)26)18(24)22-12-13-4-7-15(21)8-5-13/h4-9,11H,2-3,10,12H2,1H3,(H,22,24). The molecular weight excluding hydrogens is 335 g/mol. The third-order valence-corrected chi connectivity index (χ3v) is 4.33. The van der Waals surface area contributed by atoms with Crippen LogP contribution in [-0.2, 0) is 6.54 Å². The summed E-state index contributed by atoms with van der Waals surface area (Å²) in [5, 5.41) is 2.73. The monoisotopic (exact) mass is 354 g/mol. The second kappa shape index (κ2) is 7.47. The Morgan fingerprint density at radius 2 is 1.73 bits per heavy atom. The lowest BCUT2D eigenvalue weighted by Crippen LogP contribution is -2.30. The molecule has 0 atom stereocenters. The summed E-state index contributed by atoms with van der Waals surface area (Å²) in [5.41, 5.74) is 1.67. The van der Waals surface area contributed by atoms with E-state index in [2.05, 4.69) is 5.32 Å². The highest BCUT2D eigenvalue weighted by atomic mass is 19.1. The van der Waals surface area contributed by atoms with Crippen LogP contribution in [0.25, 0.3) is 0 Å². The van der Waals surface area contributed by atoms with Gasteiger partial charge in [0.15, 0.2) is 0 Å². The SMILES string of the molecule is CCCCN1C(=O)c2ccc(C(=O)NCc3ccc(F)cc3)cc2C1=O. The van der Waals surface area contributed by atoms with Crippen molar-refractivity contribution in [3.8, 4) is 0 Å². The molecule has 1 aliphatic rings. The lowest BCUT2D eigenvalue weighted by Gasteiger charge is -2.12. The number of carbonyl (C=O) groups is 3. The van der Waals surface area contributed by atoms with E-state index in [1.165, 1.54) is 35.2 Å². The van der Waals surface area contributed by atoms with E-state index in [4.69, 9.17) is 0 Å². The summed E-state index contributed by atoms with van der Waals surface area (Å²) in [6.07, 6.45) is 1.63. The summed E-state index contributed by atoms with van der Waals surface area (Å²) in [5.74, 6) is -1.36. The topological polar surface area (TPSA) is 66.5 Å². The first kappa shape index (κ1) is 17.8. The molecule has 3 amide bonds. The van der Waals surface area contributed by atoms with Gasteiger partial charge < -0.3 is 5.32 Å². The minimum atomic E-state index is -0.357. The van der Waals surface area contributed by atoms with Crippen molar-refractivity contribution in [3.05, 3.63) is 70.5 Å². The number of unbranched alkanes of at least 4 members (excludes halogenated alkanes) is 1. The molecule has 1 heterocycles. The maximum atomic E-state index is 12.9. The van der Waals surface area contributed by atoms with Crippen molar-refractivity contribution < 1.29 is 18.8 Å². The van der Waals surface area contributed by atoms with Gasteiger partial charge in [-0.3, -0.25) is 19.3 Å². The highest BCUT2D eigenvalue weighted by Gasteiger charge is 2.35. The molecule has 1 N–H and O–H groups in total. The van der Waals surface area contributed by atoms with Crippen LogP contribution in [0.15, 0.2) is 42.5 Å². The summed E-state index contributed by atoms with van der Waals surface area (Å²) in [6, 6.07) is 10.3. The molecule has 3 rings (SSSR count). The van der Waals surface area contributed by atoms with Gasteiger partial charge in [-0.2, -0.15) is 0 Å². The van der Waals surface area contributed by atoms with Gasteiger partial charge in [-0.1, -0.05) is 25.5 Å². The molecule has 0 aromatic heterocycles. The van der Waals surface area contributed by atoms with Crippen LogP contribution < -0.4 is 5.32 Å². The third kappa shape index (κ3) is 3.49. The zero-order valence-corrected chi connectivity index (χ0v) is 14.4. The normalized spacial score (nSPS) is 13.1. The smallest absolute Gasteiger partial charge is 0.261 e. The highest BCUT2D eigenvalue weighted by molar-refractivity contribution is 6.22. The van der Waals surface area contributed by atoms with Crippen LogP contribution in [0.4, 0.5) is 4.39 Å². The fraction of sp³-hybridized carbons (Fsp3) is 0.250. The number of nitrogens with one attached hydrogen (secondary N) is 1. The Morgan fingerprint density at radius 1 is 1.04 bits per heavy atom. The number of hydrogen-bond acceptors (Lipinski definition) is 3. The minimum absolute atomic E-state index is 0.242. The van der Waals surface area contributed by atoms with Gasteiger partial charge >= 0.3 is 0 Å². The van der Waals surface area contributed by atoms with Crippen molar-refractivity contribution in [3.63, 3.8) is 0 Å². The van der Waals surface area contributed by atoms with E-state index in [0.717, 1.165) is 18.4 Å². The Labute approximate surface area is 150 Å². The number of benzene rings is 2. The summed E-state index contributed by atoms with van der Waals surface area (Å²) in [7, 11) is 0. The van der Waals surface area contributed by atoms with E-state index < -0.39 is 0 Å². The van der Waals surface area contributed by atoms with Gasteiger partial charge in [0.25, 0.3) is 17.7 Å². The molecule has 1 aliphatic heterocycles. The molecule has 26 heavy (non-hydrogen) atoms. The molecule has 0 saturated carbocycles. The minimum Gasteiger partial charge on any atom is -0.348 e. The quantitative estimate of drug-likeness (QED) is 0.811. The van der Waals surface area contributed by atoms with Crippen LogP contribution in [-0.4, -0.2) is 29.2 Å². The Morgan fingerprint density at radius 3 is 2.42 bits per heavy atom. The summed E-state index contributed by atoms with van der Waals surface area (Å²) in [4.78, 5) is 38.3. The average molecular weight is 354 g/mol. The van der Waals surface area contributed by atoms with Gasteiger partial charge in [0.05, 0.1) is 11.1 Å². The molecule has 0 aliphatic carbocycles. The molecule has 5 nitrogen and oxygen atoms in total. The van der Waals surface area contributed by atoms with Crippen LogP contribution in [0.2, 0.25) is 0 Å². The third-order valence-electron chi connectivity index (χ3n) is 4.33. The second-order valence-corrected chi connectivity index (χ2v) is 6.19. The summed E-state index contributed by atoms with van der Waals surface area (Å²) < 4.78 is 12.9. The van der Waals surface area contributed by atoms with Crippen LogP contribution in [0.5, 0.6) is 0 Å². The Kier molecular flexibility index (Phi) is 5.11. The first-order valence-corrected chi connectivity index (χ1v) is 8.54. The van der Waals surface area contributed by atoms with Crippen molar-refractivity contribution >= 4 is 17.7 Å². The van der Waals surface area contributed by atoms with Crippen LogP contribution >= 0.6 is 0 Å². The molecular formula is C20H19FN2O3. The van der Waals surface area contributed by atoms with E-state index in [1.807, 2.05) is 6.92 Å². The molecule has 0 spiro atoms. The van der Waals surface area contributed by atoms with Gasteiger partial charge in [0.2, 0.25) is 0 Å². The zero-order chi connectivity index (χ0) is 18.7. The molecule has 2 aromatic carbocycles. The molecule has 6 heteroatoms. The van der Waals surface area contributed by atoms with Crippen molar-refractivity contribution in [2.45, 2.75) is 26.3 Å². The predicted molar refractivity (Wildman–Crippen MR) is 94.3 cm³/mol. The van der Waals surface area contributed by atoms with Crippen molar-refractivity contribution in [1.82, 2.24) is 10.2 Å². The largest absolute Gasteiger partial charge is 0.348 e. The van der Waals surface area contributed by atoms with Crippen LogP contribution in [0.3, 0.4) is 0 Å². The number of imide groups is 1. The van der Waals surface area contributed by atoms with Gasteiger partial charge in [0.1, 0.15) is 5.82 Å². The van der Waals surface area contributed by atoms with E-state index in [-0.39, 0.29) is 35.6 Å². The first-order chi connectivity index (χ1) is 12.5. The van der Waals surface area contributed by atoms with Gasteiger partial charge in [-0.25, -0.2) is 4.39 Å². The summed E-state index contributed by atoms with van der Waals surface area (Å²) >= 11 is 0. The molecule has 2 aromatic rings. The Bertz CT molecular complexity index is 862. The number of hydrogen-bond donors (Lipinski definition) is 1. The van der Waals surface area contributed by atoms with Gasteiger partial charge in [0, 0.05) is 18.7 Å². The number of nitrogens with zero attached hydrogens (tertiary/aromatic N) is 1. The molecule has 134 valence electrons. The zero-order valence-electron chi connectivity index (χ0n) is 14.4. The van der Waals surface area contributed by atoms with Crippen molar-refractivity contribution in [2.24, 2.45) is 0 Å². The number of fused-ring (bicyclic) bond motifs is 1. The Hall–Kier alpha value is -3.02. The van der Waals surface area contributed by atoms with Crippen molar-refractivity contribution in [1.29, 1.82) is 0 Å². The summed E-state index contributed by atoms with van der Waals surface area (Å²) in [6.45, 7) is 2.61. The van der Waals surface area contributed by atoms with E-state index in [1.54, 1.807) is 12.1 Å². The average Bonchev–Trinajstić information content (AvgIpc) is 2.89. The fourth-order valence-electron chi connectivity index (χ4n) is 2.84. The van der Waals surface area contributed by atoms with Crippen LogP contribution in [0, 0.1) is 5.82 Å². The fourth-order valence-corrected chi connectivity index (χ4v) is 2.84. The Balaban J connectivity index is 1.72. The highest BCUT2D eigenvalue weighted by Crippen LogP contribution is 2.24. The van der Waals surface area contributed by atoms with E-state index in [0.29, 0.717) is 17.7 Å². The maximum absolute atomic E-state index is 12.9. The number of rotatable bonds is 6. The van der Waals surface area contributed by atoms with E-state index >= 15 is 0 Å². The second-order valence-electron chi connectivity index (χ2n) is 6.19. The maximum Gasteiger partial charge on any atom is 0.261 e. The van der Waals surface area contributed by atoms with Crippen molar-refractivity contribution in [2.75, 3.05) is 6.54 Å². The first-order valence-electron chi connectivity index (χ1n) is 8.54. The molecule has 0 fully saturated rings. The number of halogens is 1. The molecule has 0 bridgehead atoms. The van der Waals surface area contributed by atoms with E-state index in [9.17, 15) is 18.8 Å². The van der Waals surface area contributed by atoms with Crippen LogP contribution in [0.1, 0.15) is 56.4 Å². The molecule has 0 radical (unpaired) electrons. The molecule has 0 saturated heterocycles. The molecule has 0 unspecified atom stereocenters. The lowest BCUT2D eigenvalue weighted by atomic mass is 10.1.